The molecule has 0 aromatic carbocycles. The molecule has 2 N–H and O–H groups in total. The molecule has 1 amide bonds. The second-order valence-electron chi connectivity index (χ2n) is 4.83. The van der Waals surface area contributed by atoms with Crippen LogP contribution in [-0.4, -0.2) is 39.8 Å². The summed E-state index contributed by atoms with van der Waals surface area (Å²) < 4.78 is 0. The maximum atomic E-state index is 11.0. The maximum Gasteiger partial charge on any atom is 0.408 e. The summed E-state index contributed by atoms with van der Waals surface area (Å²) in [4.78, 5) is 23.0. The van der Waals surface area contributed by atoms with Crippen LogP contribution < -0.4 is 0 Å². The first-order valence-corrected chi connectivity index (χ1v) is 5.82. The fourth-order valence-electron chi connectivity index (χ4n) is 3.08. The van der Waals surface area contributed by atoms with E-state index < -0.39 is 18.1 Å². The van der Waals surface area contributed by atoms with Gasteiger partial charge in [-0.2, -0.15) is 0 Å². The van der Waals surface area contributed by atoms with Crippen molar-refractivity contribution in [3.8, 4) is 0 Å². The summed E-state index contributed by atoms with van der Waals surface area (Å²) in [5, 5.41) is 17.9. The zero-order chi connectivity index (χ0) is 11.7. The molecule has 0 aromatic heterocycles. The van der Waals surface area contributed by atoms with Crippen LogP contribution in [0.4, 0.5) is 4.79 Å². The molecule has 0 aromatic rings. The van der Waals surface area contributed by atoms with Gasteiger partial charge in [-0.25, -0.2) is 9.59 Å². The second-order valence-corrected chi connectivity index (χ2v) is 4.83. The van der Waals surface area contributed by atoms with E-state index in [0.717, 1.165) is 17.7 Å². The summed E-state index contributed by atoms with van der Waals surface area (Å²) in [5.41, 5.74) is 0. The first kappa shape index (κ1) is 11.2. The summed E-state index contributed by atoms with van der Waals surface area (Å²) in [7, 11) is 0. The average Bonchev–Trinajstić information content (AvgIpc) is 2.86. The van der Waals surface area contributed by atoms with Crippen LogP contribution in [0, 0.1) is 11.8 Å². The normalized spacial score (nSPS) is 30.9. The Labute approximate surface area is 94.0 Å². The van der Waals surface area contributed by atoms with Crippen molar-refractivity contribution < 1.29 is 19.8 Å². The Hall–Kier alpha value is -1.26. The third kappa shape index (κ3) is 1.99. The third-order valence-electron chi connectivity index (χ3n) is 3.93. The molecule has 5 heteroatoms. The van der Waals surface area contributed by atoms with Gasteiger partial charge in [0.15, 0.2) is 0 Å². The molecule has 1 aliphatic heterocycles. The van der Waals surface area contributed by atoms with E-state index in [9.17, 15) is 9.59 Å². The van der Waals surface area contributed by atoms with E-state index in [0.29, 0.717) is 18.9 Å². The van der Waals surface area contributed by atoms with Gasteiger partial charge in [-0.1, -0.05) is 25.7 Å². The molecular formula is C11H17NO4. The Bertz CT molecular complexity index is 276. The highest BCUT2D eigenvalue weighted by atomic mass is 16.4. The number of carboxylic acid groups (broad SMARTS) is 2. The first-order chi connectivity index (χ1) is 7.59. The first-order valence-electron chi connectivity index (χ1n) is 5.82. The predicted molar refractivity (Wildman–Crippen MR) is 56.2 cm³/mol. The van der Waals surface area contributed by atoms with Crippen molar-refractivity contribution in [1.29, 1.82) is 0 Å². The minimum absolute atomic E-state index is 0.250. The molecule has 1 saturated carbocycles. The van der Waals surface area contributed by atoms with E-state index in [1.807, 2.05) is 0 Å². The SMILES string of the molecule is O=C(O)[C@@H]1C[C@@H](C2CCCC2)CN1C(=O)O. The van der Waals surface area contributed by atoms with Crippen molar-refractivity contribution in [2.45, 2.75) is 38.1 Å². The number of aliphatic carboxylic acids is 1. The van der Waals surface area contributed by atoms with E-state index in [2.05, 4.69) is 0 Å². The minimum atomic E-state index is -1.10. The summed E-state index contributed by atoms with van der Waals surface area (Å²) in [6, 6.07) is -0.830. The van der Waals surface area contributed by atoms with Crippen LogP contribution in [0.15, 0.2) is 0 Å². The molecular weight excluding hydrogens is 210 g/mol. The minimum Gasteiger partial charge on any atom is -0.480 e. The number of amides is 1. The van der Waals surface area contributed by atoms with Gasteiger partial charge >= 0.3 is 12.1 Å². The molecule has 0 bridgehead atoms. The lowest BCUT2D eigenvalue weighted by Crippen LogP contribution is -2.39. The standard InChI is InChI=1S/C11H17NO4/c13-10(14)9-5-8(6-12(9)11(15)16)7-3-1-2-4-7/h7-9H,1-6H2,(H,13,14)(H,15,16)/t8-,9+/m1/s1. The van der Waals surface area contributed by atoms with Gasteiger partial charge < -0.3 is 10.2 Å². The van der Waals surface area contributed by atoms with Crippen molar-refractivity contribution in [2.75, 3.05) is 6.54 Å². The van der Waals surface area contributed by atoms with E-state index in [-0.39, 0.29) is 5.92 Å². The molecule has 1 saturated heterocycles. The van der Waals surface area contributed by atoms with E-state index in [1.165, 1.54) is 12.8 Å². The molecule has 2 atom stereocenters. The van der Waals surface area contributed by atoms with Gasteiger partial charge in [0.1, 0.15) is 6.04 Å². The summed E-state index contributed by atoms with van der Waals surface area (Å²) in [6.07, 6.45) is 4.05. The number of rotatable bonds is 2. The van der Waals surface area contributed by atoms with Crippen LogP contribution >= 0.6 is 0 Å². The molecule has 0 radical (unpaired) electrons. The molecule has 16 heavy (non-hydrogen) atoms. The van der Waals surface area contributed by atoms with Crippen molar-refractivity contribution in [3.05, 3.63) is 0 Å². The quantitative estimate of drug-likeness (QED) is 0.751. The topological polar surface area (TPSA) is 77.8 Å². The highest BCUT2D eigenvalue weighted by Crippen LogP contribution is 2.38. The number of hydrogen-bond acceptors (Lipinski definition) is 2. The molecule has 2 aliphatic rings. The fraction of sp³-hybridized carbons (Fsp3) is 0.818. The van der Waals surface area contributed by atoms with Gasteiger partial charge in [0, 0.05) is 6.54 Å². The van der Waals surface area contributed by atoms with Gasteiger partial charge in [-0.05, 0) is 18.3 Å². The number of hydrogen-bond donors (Lipinski definition) is 2. The lowest BCUT2D eigenvalue weighted by Gasteiger charge is -2.18. The number of carbonyl (C=O) groups is 2. The van der Waals surface area contributed by atoms with Crippen molar-refractivity contribution in [2.24, 2.45) is 11.8 Å². The van der Waals surface area contributed by atoms with Gasteiger partial charge in [0.25, 0.3) is 0 Å². The van der Waals surface area contributed by atoms with Crippen LogP contribution in [0.1, 0.15) is 32.1 Å². The van der Waals surface area contributed by atoms with Crippen molar-refractivity contribution in [3.63, 3.8) is 0 Å². The van der Waals surface area contributed by atoms with Gasteiger partial charge in [0.05, 0.1) is 0 Å². The fourth-order valence-corrected chi connectivity index (χ4v) is 3.08. The van der Waals surface area contributed by atoms with E-state index in [4.69, 9.17) is 10.2 Å². The van der Waals surface area contributed by atoms with Crippen molar-refractivity contribution >= 4 is 12.1 Å². The Balaban J connectivity index is 2.05. The molecule has 1 heterocycles. The molecule has 1 aliphatic carbocycles. The molecule has 0 unspecified atom stereocenters. The summed E-state index contributed by atoms with van der Waals surface area (Å²) >= 11 is 0. The predicted octanol–water partition coefficient (Wildman–Crippen LogP) is 1.63. The molecule has 0 spiro atoms. The highest BCUT2D eigenvalue weighted by molar-refractivity contribution is 5.80. The lowest BCUT2D eigenvalue weighted by molar-refractivity contribution is -0.141. The average molecular weight is 227 g/mol. The maximum absolute atomic E-state index is 11.0. The summed E-state index contributed by atoms with van der Waals surface area (Å²) in [6.45, 7) is 0.400. The number of nitrogens with zero attached hydrogens (tertiary/aromatic N) is 1. The molecule has 5 nitrogen and oxygen atoms in total. The van der Waals surface area contributed by atoms with E-state index in [1.54, 1.807) is 0 Å². The molecule has 2 rings (SSSR count). The number of carboxylic acids is 1. The van der Waals surface area contributed by atoms with Crippen LogP contribution in [-0.2, 0) is 4.79 Å². The molecule has 2 fully saturated rings. The summed E-state index contributed by atoms with van der Waals surface area (Å²) in [5.74, 6) is -0.228. The molecule has 90 valence electrons. The van der Waals surface area contributed by atoms with Gasteiger partial charge in [0.2, 0.25) is 0 Å². The van der Waals surface area contributed by atoms with E-state index >= 15 is 0 Å². The smallest absolute Gasteiger partial charge is 0.408 e. The monoisotopic (exact) mass is 227 g/mol. The van der Waals surface area contributed by atoms with Crippen LogP contribution in [0.25, 0.3) is 0 Å². The Morgan fingerprint density at radius 3 is 2.12 bits per heavy atom. The lowest BCUT2D eigenvalue weighted by atomic mass is 9.89. The second kappa shape index (κ2) is 4.31. The largest absolute Gasteiger partial charge is 0.480 e. The van der Waals surface area contributed by atoms with Gasteiger partial charge in [-0.3, -0.25) is 4.90 Å². The third-order valence-corrected chi connectivity index (χ3v) is 3.93. The zero-order valence-electron chi connectivity index (χ0n) is 9.13. The van der Waals surface area contributed by atoms with Crippen LogP contribution in [0.3, 0.4) is 0 Å². The Morgan fingerprint density at radius 1 is 1.06 bits per heavy atom. The Morgan fingerprint density at radius 2 is 1.69 bits per heavy atom. The number of likely N-dealkylation sites (tertiary alicyclic amines) is 1. The zero-order valence-corrected chi connectivity index (χ0v) is 9.13. The highest BCUT2D eigenvalue weighted by Gasteiger charge is 2.42. The van der Waals surface area contributed by atoms with Crippen LogP contribution in [0.5, 0.6) is 0 Å². The van der Waals surface area contributed by atoms with Gasteiger partial charge in [-0.15, -0.1) is 0 Å². The Kier molecular flexibility index (Phi) is 3.03. The van der Waals surface area contributed by atoms with Crippen LogP contribution in [0.2, 0.25) is 0 Å². The van der Waals surface area contributed by atoms with Crippen molar-refractivity contribution in [1.82, 2.24) is 4.90 Å².